The van der Waals surface area contributed by atoms with Gasteiger partial charge in [0.2, 0.25) is 0 Å². The van der Waals surface area contributed by atoms with Crippen LogP contribution < -0.4 is 0 Å². The molecule has 0 aromatic heterocycles. The predicted molar refractivity (Wildman–Crippen MR) is 97.6 cm³/mol. The van der Waals surface area contributed by atoms with Gasteiger partial charge in [0.15, 0.2) is 0 Å². The Balaban J connectivity index is 2.03. The molecule has 1 aliphatic carbocycles. The Bertz CT molecular complexity index is 492. The molecule has 0 unspecified atom stereocenters. The van der Waals surface area contributed by atoms with Gasteiger partial charge in [-0.3, -0.25) is 4.79 Å². The van der Waals surface area contributed by atoms with E-state index in [0.717, 1.165) is 5.92 Å². The summed E-state index contributed by atoms with van der Waals surface area (Å²) >= 11 is 2.00. The van der Waals surface area contributed by atoms with Crippen LogP contribution in [-0.2, 0) is 9.53 Å². The van der Waals surface area contributed by atoms with Crippen molar-refractivity contribution < 1.29 is 9.53 Å². The normalized spacial score (nSPS) is 18.7. The fraction of sp³-hybridized carbons (Fsp3) is 0.550. The summed E-state index contributed by atoms with van der Waals surface area (Å²) in [4.78, 5) is 12.6. The lowest BCUT2D eigenvalue weighted by Gasteiger charge is -2.33. The van der Waals surface area contributed by atoms with Crippen LogP contribution in [0, 0.1) is 11.8 Å². The van der Waals surface area contributed by atoms with Crippen LogP contribution in [0.4, 0.5) is 0 Å². The zero-order valence-corrected chi connectivity index (χ0v) is 15.1. The summed E-state index contributed by atoms with van der Waals surface area (Å²) in [7, 11) is 1.44. The van der Waals surface area contributed by atoms with E-state index in [4.69, 9.17) is 4.74 Å². The van der Waals surface area contributed by atoms with Crippen molar-refractivity contribution in [2.24, 2.45) is 11.8 Å². The summed E-state index contributed by atoms with van der Waals surface area (Å²) in [6.07, 6.45) is 11.3. The molecule has 2 rings (SSSR count). The third-order valence-electron chi connectivity index (χ3n) is 4.60. The molecule has 1 aliphatic rings. The second-order valence-corrected chi connectivity index (χ2v) is 7.61. The number of ether oxygens (including phenoxy) is 1. The van der Waals surface area contributed by atoms with Crippen LogP contribution >= 0.6 is 11.8 Å². The molecule has 3 heteroatoms. The molecule has 0 heterocycles. The van der Waals surface area contributed by atoms with E-state index in [1.165, 1.54) is 44.1 Å². The number of carbonyl (C=O) groups is 1. The first-order valence-electron chi connectivity index (χ1n) is 8.66. The number of hydrogen-bond acceptors (Lipinski definition) is 3. The summed E-state index contributed by atoms with van der Waals surface area (Å²) in [6.45, 7) is 2.28. The molecule has 0 amide bonds. The Morgan fingerprint density at radius 1 is 1.26 bits per heavy atom. The fourth-order valence-corrected chi connectivity index (χ4v) is 4.72. The van der Waals surface area contributed by atoms with Gasteiger partial charge in [-0.2, -0.15) is 0 Å². The molecule has 0 radical (unpaired) electrons. The molecule has 0 aliphatic heterocycles. The van der Waals surface area contributed by atoms with Gasteiger partial charge in [0.1, 0.15) is 0 Å². The molecule has 23 heavy (non-hydrogen) atoms. The lowest BCUT2D eigenvalue weighted by atomic mass is 9.82. The maximum Gasteiger partial charge on any atom is 0.309 e. The highest BCUT2D eigenvalue weighted by molar-refractivity contribution is 8.00. The van der Waals surface area contributed by atoms with E-state index in [1.807, 2.05) is 17.8 Å². The summed E-state index contributed by atoms with van der Waals surface area (Å²) in [5, 5.41) is 0.576. The zero-order chi connectivity index (χ0) is 16.5. The van der Waals surface area contributed by atoms with Gasteiger partial charge in [0.05, 0.1) is 13.5 Å². The molecule has 2 atom stereocenters. The van der Waals surface area contributed by atoms with E-state index < -0.39 is 0 Å². The molecule has 0 bridgehead atoms. The highest BCUT2D eigenvalue weighted by Crippen LogP contribution is 2.40. The average molecular weight is 333 g/mol. The summed E-state index contributed by atoms with van der Waals surface area (Å²) < 4.78 is 4.71. The van der Waals surface area contributed by atoms with Crippen LogP contribution in [0.15, 0.2) is 47.4 Å². The van der Waals surface area contributed by atoms with Crippen molar-refractivity contribution in [3.8, 4) is 0 Å². The number of allylic oxidation sites excluding steroid dienone is 1. The van der Waals surface area contributed by atoms with Crippen molar-refractivity contribution in [1.29, 1.82) is 0 Å². The monoisotopic (exact) mass is 332 g/mol. The van der Waals surface area contributed by atoms with Gasteiger partial charge in [-0.15, -0.1) is 11.8 Å². The quantitative estimate of drug-likeness (QED) is 0.375. The van der Waals surface area contributed by atoms with Crippen LogP contribution in [0.3, 0.4) is 0 Å². The van der Waals surface area contributed by atoms with Crippen molar-refractivity contribution in [3.05, 3.63) is 42.5 Å². The Kier molecular flexibility index (Phi) is 7.73. The van der Waals surface area contributed by atoms with Crippen molar-refractivity contribution >= 4 is 17.7 Å². The van der Waals surface area contributed by atoms with Crippen molar-refractivity contribution in [1.82, 2.24) is 0 Å². The predicted octanol–water partition coefficient (Wildman–Crippen LogP) is 5.48. The number of carbonyl (C=O) groups excluding carboxylic acids is 1. The number of methoxy groups -OCH3 is 1. The van der Waals surface area contributed by atoms with Gasteiger partial charge in [0, 0.05) is 10.1 Å². The molecule has 126 valence electrons. The molecule has 1 aromatic rings. The third-order valence-corrected chi connectivity index (χ3v) is 6.23. The SMILES string of the molecule is COC(=O)C/C=C/[C@H](C)[C@H](Sc1ccccc1)C1CCCCC1. The van der Waals surface area contributed by atoms with Gasteiger partial charge in [-0.25, -0.2) is 0 Å². The molecule has 1 saturated carbocycles. The average Bonchev–Trinajstić information content (AvgIpc) is 2.61. The maximum absolute atomic E-state index is 11.3. The van der Waals surface area contributed by atoms with Crippen molar-refractivity contribution in [2.75, 3.05) is 7.11 Å². The third kappa shape index (κ3) is 6.06. The minimum Gasteiger partial charge on any atom is -0.469 e. The molecule has 1 fully saturated rings. The van der Waals surface area contributed by atoms with E-state index >= 15 is 0 Å². The van der Waals surface area contributed by atoms with E-state index in [1.54, 1.807) is 0 Å². The van der Waals surface area contributed by atoms with Crippen molar-refractivity contribution in [2.45, 2.75) is 55.6 Å². The minimum absolute atomic E-state index is 0.168. The Labute approximate surface area is 144 Å². The van der Waals surface area contributed by atoms with E-state index in [2.05, 4.69) is 43.3 Å². The first-order valence-corrected chi connectivity index (χ1v) is 9.54. The van der Waals surface area contributed by atoms with Crippen LogP contribution in [0.1, 0.15) is 45.4 Å². The molecule has 2 nitrogen and oxygen atoms in total. The highest BCUT2D eigenvalue weighted by atomic mass is 32.2. The molecular weight excluding hydrogens is 304 g/mol. The largest absolute Gasteiger partial charge is 0.469 e. The van der Waals surface area contributed by atoms with Crippen LogP contribution in [0.25, 0.3) is 0 Å². The van der Waals surface area contributed by atoms with Gasteiger partial charge < -0.3 is 4.74 Å². The first-order chi connectivity index (χ1) is 11.2. The summed E-state index contributed by atoms with van der Waals surface area (Å²) in [5.41, 5.74) is 0. The van der Waals surface area contributed by atoms with Gasteiger partial charge in [-0.05, 0) is 36.8 Å². The zero-order valence-electron chi connectivity index (χ0n) is 14.2. The van der Waals surface area contributed by atoms with Gasteiger partial charge in [-0.1, -0.05) is 56.5 Å². The van der Waals surface area contributed by atoms with Gasteiger partial charge in [0.25, 0.3) is 0 Å². The minimum atomic E-state index is -0.168. The van der Waals surface area contributed by atoms with Crippen LogP contribution in [0.2, 0.25) is 0 Å². The van der Waals surface area contributed by atoms with Crippen LogP contribution in [0.5, 0.6) is 0 Å². The van der Waals surface area contributed by atoms with E-state index in [9.17, 15) is 4.79 Å². The molecule has 0 N–H and O–H groups in total. The first kappa shape index (κ1) is 18.1. The molecule has 0 spiro atoms. The van der Waals surface area contributed by atoms with Crippen LogP contribution in [-0.4, -0.2) is 18.3 Å². The van der Waals surface area contributed by atoms with Gasteiger partial charge >= 0.3 is 5.97 Å². The topological polar surface area (TPSA) is 26.3 Å². The number of esters is 1. The lowest BCUT2D eigenvalue weighted by Crippen LogP contribution is -2.25. The number of benzene rings is 1. The number of rotatable bonds is 7. The highest BCUT2D eigenvalue weighted by Gasteiger charge is 2.27. The van der Waals surface area contributed by atoms with Crippen molar-refractivity contribution in [3.63, 3.8) is 0 Å². The molecule has 1 aromatic carbocycles. The van der Waals surface area contributed by atoms with E-state index in [-0.39, 0.29) is 5.97 Å². The van der Waals surface area contributed by atoms with E-state index in [0.29, 0.717) is 17.6 Å². The smallest absolute Gasteiger partial charge is 0.309 e. The summed E-state index contributed by atoms with van der Waals surface area (Å²) in [6, 6.07) is 10.7. The second-order valence-electron chi connectivity index (χ2n) is 6.36. The lowest BCUT2D eigenvalue weighted by molar-refractivity contribution is -0.139. The maximum atomic E-state index is 11.3. The number of hydrogen-bond donors (Lipinski definition) is 0. The number of thioether (sulfide) groups is 1. The second kappa shape index (κ2) is 9.82. The molecule has 0 saturated heterocycles. The Morgan fingerprint density at radius 2 is 1.96 bits per heavy atom. The summed E-state index contributed by atoms with van der Waals surface area (Å²) in [5.74, 6) is 1.05. The standard InChI is InChI=1S/C20H28O2S/c1-16(10-9-15-19(21)22-2)20(17-11-5-3-6-12-17)23-18-13-7-4-8-14-18/h4,7-10,13-14,16-17,20H,3,5-6,11-12,15H2,1-2H3/b10-9+/t16-,20-/m0/s1. The molecular formula is C20H28O2S. The Morgan fingerprint density at radius 3 is 2.61 bits per heavy atom. The Hall–Kier alpha value is -1.22. The fourth-order valence-electron chi connectivity index (χ4n) is 3.32.